The number of hydrogen-bond acceptors (Lipinski definition) is 11. The van der Waals surface area contributed by atoms with E-state index in [2.05, 4.69) is 14.7 Å². The fraction of sp³-hybridized carbons (Fsp3) is 0.211. The number of carbonyl (C=O) groups excluding carboxylic acids is 3. The van der Waals surface area contributed by atoms with Gasteiger partial charge in [-0.25, -0.2) is 19.6 Å². The normalized spacial score (nSPS) is 17.5. The van der Waals surface area contributed by atoms with Gasteiger partial charge in [-0.1, -0.05) is 6.08 Å². The van der Waals surface area contributed by atoms with Crippen LogP contribution in [0, 0.1) is 28.6 Å². The third kappa shape index (κ3) is 2.95. The Balaban J connectivity index is 2.37. The SMILES string of the molecule is COC(=O)C1=C(C(=O)OC)C2=CC=CC3=NC(C(C#N)C(=O)OC)=C(C#N)C(=N1)N23. The fourth-order valence-corrected chi connectivity index (χ4v) is 3.00. The summed E-state index contributed by atoms with van der Waals surface area (Å²) in [4.78, 5) is 46.6. The van der Waals surface area contributed by atoms with Crippen molar-refractivity contribution in [2.45, 2.75) is 0 Å². The van der Waals surface area contributed by atoms with Crippen LogP contribution in [0.3, 0.4) is 0 Å². The van der Waals surface area contributed by atoms with Gasteiger partial charge in [-0.15, -0.1) is 0 Å². The lowest BCUT2D eigenvalue weighted by Crippen LogP contribution is -2.45. The Bertz CT molecular complexity index is 1140. The second-order valence-corrected chi connectivity index (χ2v) is 5.82. The molecule has 0 bridgehead atoms. The first-order chi connectivity index (χ1) is 14.4. The topological polar surface area (TPSA) is 154 Å². The van der Waals surface area contributed by atoms with E-state index in [1.807, 2.05) is 6.07 Å². The van der Waals surface area contributed by atoms with Crippen LogP contribution < -0.4 is 0 Å². The van der Waals surface area contributed by atoms with Crippen molar-refractivity contribution in [3.63, 3.8) is 0 Å². The Morgan fingerprint density at radius 3 is 2.33 bits per heavy atom. The molecular formula is C19H13N5O6. The number of rotatable bonds is 4. The largest absolute Gasteiger partial charge is 0.468 e. The molecule has 3 aliphatic rings. The molecule has 0 aliphatic carbocycles. The van der Waals surface area contributed by atoms with Crippen LogP contribution in [0.25, 0.3) is 0 Å². The molecule has 0 spiro atoms. The Kier molecular flexibility index (Phi) is 5.29. The molecule has 11 nitrogen and oxygen atoms in total. The van der Waals surface area contributed by atoms with E-state index in [0.29, 0.717) is 0 Å². The number of carbonyl (C=O) groups is 3. The van der Waals surface area contributed by atoms with Gasteiger partial charge in [0.1, 0.15) is 23.1 Å². The van der Waals surface area contributed by atoms with Gasteiger partial charge in [0.25, 0.3) is 0 Å². The van der Waals surface area contributed by atoms with Gasteiger partial charge in [-0.05, 0) is 12.2 Å². The monoisotopic (exact) mass is 407 g/mol. The second kappa shape index (κ2) is 7.85. The van der Waals surface area contributed by atoms with E-state index >= 15 is 0 Å². The molecule has 0 aromatic carbocycles. The fourth-order valence-electron chi connectivity index (χ4n) is 3.00. The molecule has 150 valence electrons. The summed E-state index contributed by atoms with van der Waals surface area (Å²) in [5, 5.41) is 19.2. The maximum absolute atomic E-state index is 12.4. The highest BCUT2D eigenvalue weighted by Gasteiger charge is 2.43. The zero-order valence-corrected chi connectivity index (χ0v) is 16.0. The summed E-state index contributed by atoms with van der Waals surface area (Å²) in [6.07, 6.45) is 4.57. The number of allylic oxidation sites excluding steroid dienone is 2. The molecule has 30 heavy (non-hydrogen) atoms. The summed E-state index contributed by atoms with van der Waals surface area (Å²) in [5.41, 5.74) is -0.824. The minimum Gasteiger partial charge on any atom is -0.468 e. The van der Waals surface area contributed by atoms with Crippen molar-refractivity contribution in [1.29, 1.82) is 10.5 Å². The number of aliphatic imine (C=N–C) groups is 2. The third-order valence-corrected chi connectivity index (χ3v) is 4.33. The summed E-state index contributed by atoms with van der Waals surface area (Å²) < 4.78 is 14.1. The van der Waals surface area contributed by atoms with E-state index in [0.717, 1.165) is 21.3 Å². The molecule has 11 heteroatoms. The number of nitrogens with zero attached hydrogens (tertiary/aromatic N) is 5. The Hall–Kier alpha value is -4.51. The van der Waals surface area contributed by atoms with Crippen molar-refractivity contribution in [1.82, 2.24) is 4.90 Å². The van der Waals surface area contributed by atoms with Crippen molar-refractivity contribution in [3.05, 3.63) is 46.5 Å². The number of ether oxygens (including phenoxy) is 3. The maximum Gasteiger partial charge on any atom is 0.357 e. The molecule has 0 fully saturated rings. The lowest BCUT2D eigenvalue weighted by molar-refractivity contribution is -0.142. The Morgan fingerprint density at radius 2 is 1.77 bits per heavy atom. The van der Waals surface area contributed by atoms with Gasteiger partial charge in [-0.3, -0.25) is 9.69 Å². The van der Waals surface area contributed by atoms with E-state index < -0.39 is 29.5 Å². The smallest absolute Gasteiger partial charge is 0.357 e. The molecule has 1 unspecified atom stereocenters. The summed E-state index contributed by atoms with van der Waals surface area (Å²) >= 11 is 0. The van der Waals surface area contributed by atoms with Crippen LogP contribution in [-0.4, -0.2) is 55.8 Å². The molecule has 0 N–H and O–H groups in total. The molecule has 0 radical (unpaired) electrons. The van der Waals surface area contributed by atoms with Crippen molar-refractivity contribution < 1.29 is 28.6 Å². The van der Waals surface area contributed by atoms with Gasteiger partial charge in [0.15, 0.2) is 17.5 Å². The highest BCUT2D eigenvalue weighted by molar-refractivity contribution is 6.23. The lowest BCUT2D eigenvalue weighted by atomic mass is 9.95. The first-order valence-corrected chi connectivity index (χ1v) is 8.32. The van der Waals surface area contributed by atoms with Crippen LogP contribution in [0.5, 0.6) is 0 Å². The van der Waals surface area contributed by atoms with Crippen LogP contribution in [0.4, 0.5) is 0 Å². The zero-order chi connectivity index (χ0) is 22.0. The zero-order valence-electron chi connectivity index (χ0n) is 16.0. The van der Waals surface area contributed by atoms with Gasteiger partial charge in [0, 0.05) is 0 Å². The van der Waals surface area contributed by atoms with Crippen molar-refractivity contribution >= 4 is 29.6 Å². The Morgan fingerprint density at radius 1 is 1.07 bits per heavy atom. The standard InChI is InChI=1S/C19H13N5O6/c1-28-17(25)10(8-21)14-9(7-20)16-23-15(19(27)30-3)13(18(26)29-2)11-5-4-6-12(22-14)24(11)16/h4-6,10H,1-3H3. The van der Waals surface area contributed by atoms with E-state index in [4.69, 9.17) is 9.47 Å². The third-order valence-electron chi connectivity index (χ3n) is 4.33. The highest BCUT2D eigenvalue weighted by Crippen LogP contribution is 2.36. The molecule has 0 aromatic heterocycles. The van der Waals surface area contributed by atoms with Crippen molar-refractivity contribution in [3.8, 4) is 12.1 Å². The summed E-state index contributed by atoms with van der Waals surface area (Å²) in [6, 6.07) is 3.63. The van der Waals surface area contributed by atoms with Gasteiger partial charge < -0.3 is 14.2 Å². The quantitative estimate of drug-likeness (QED) is 0.471. The molecule has 3 aliphatic heterocycles. The Labute approximate surface area is 170 Å². The van der Waals surface area contributed by atoms with Crippen molar-refractivity contribution in [2.24, 2.45) is 15.9 Å². The van der Waals surface area contributed by atoms with Crippen LogP contribution in [-0.2, 0) is 28.6 Å². The predicted molar refractivity (Wildman–Crippen MR) is 98.7 cm³/mol. The van der Waals surface area contributed by atoms with E-state index in [1.165, 1.54) is 17.1 Å². The number of nitriles is 2. The number of hydrogen-bond donors (Lipinski definition) is 0. The lowest BCUT2D eigenvalue weighted by Gasteiger charge is -2.36. The van der Waals surface area contributed by atoms with E-state index in [9.17, 15) is 24.9 Å². The molecule has 3 rings (SSSR count). The second-order valence-electron chi connectivity index (χ2n) is 5.82. The first kappa shape index (κ1) is 20.2. The molecule has 0 amide bonds. The van der Waals surface area contributed by atoms with Crippen LogP contribution >= 0.6 is 0 Å². The van der Waals surface area contributed by atoms with Gasteiger partial charge in [0.2, 0.25) is 0 Å². The summed E-state index contributed by atoms with van der Waals surface area (Å²) in [7, 11) is 3.34. The molecule has 0 saturated carbocycles. The van der Waals surface area contributed by atoms with Crippen LogP contribution in [0.2, 0.25) is 0 Å². The number of esters is 3. The first-order valence-electron chi connectivity index (χ1n) is 8.32. The molecular weight excluding hydrogens is 394 g/mol. The molecule has 3 heterocycles. The van der Waals surface area contributed by atoms with Gasteiger partial charge >= 0.3 is 17.9 Å². The number of amidine groups is 2. The summed E-state index contributed by atoms with van der Waals surface area (Å²) in [6.45, 7) is 0. The van der Waals surface area contributed by atoms with E-state index in [-0.39, 0.29) is 34.2 Å². The number of methoxy groups -OCH3 is 3. The van der Waals surface area contributed by atoms with Gasteiger partial charge in [-0.2, -0.15) is 10.5 Å². The van der Waals surface area contributed by atoms with Gasteiger partial charge in [0.05, 0.1) is 38.8 Å². The average Bonchev–Trinajstić information content (AvgIpc) is 2.78. The molecule has 0 aromatic rings. The van der Waals surface area contributed by atoms with E-state index in [1.54, 1.807) is 12.1 Å². The van der Waals surface area contributed by atoms with Crippen LogP contribution in [0.1, 0.15) is 0 Å². The summed E-state index contributed by atoms with van der Waals surface area (Å²) in [5.74, 6) is -4.12. The minimum absolute atomic E-state index is 0.0923. The molecule has 1 atom stereocenters. The minimum atomic E-state index is -1.50. The average molecular weight is 407 g/mol. The predicted octanol–water partition coefficient (Wildman–Crippen LogP) is 0.257. The molecule has 0 saturated heterocycles. The maximum atomic E-state index is 12.4. The van der Waals surface area contributed by atoms with Crippen LogP contribution in [0.15, 0.2) is 56.5 Å². The highest BCUT2D eigenvalue weighted by atomic mass is 16.5. The van der Waals surface area contributed by atoms with Crippen molar-refractivity contribution in [2.75, 3.05) is 21.3 Å².